The minimum atomic E-state index is -1.99. The molecule has 1 unspecified atom stereocenters. The van der Waals surface area contributed by atoms with Crippen LogP contribution >= 0.6 is 0 Å². The molecule has 2 bridgehead atoms. The summed E-state index contributed by atoms with van der Waals surface area (Å²) >= 11 is 0. The molecule has 0 N–H and O–H groups in total. The summed E-state index contributed by atoms with van der Waals surface area (Å²) in [6.07, 6.45) is 0. The molecule has 3 aliphatic rings. The molecular weight excluding hydrogens is 1190 g/mol. The first-order valence-electron chi connectivity index (χ1n) is 36.7. The fourth-order valence-corrected chi connectivity index (χ4v) is 41.1. The molecule has 4 atom stereocenters. The van der Waals surface area contributed by atoms with E-state index in [1.165, 1.54) is 87.6 Å². The highest BCUT2D eigenvalue weighted by molar-refractivity contribution is 6.92. The highest BCUT2D eigenvalue weighted by Gasteiger charge is 2.48. The van der Waals surface area contributed by atoms with Gasteiger partial charge in [-0.05, 0) is 215 Å². The molecule has 8 aromatic rings. The van der Waals surface area contributed by atoms with Crippen LogP contribution in [-0.2, 0) is 0 Å². The predicted octanol–water partition coefficient (Wildman–Crippen LogP) is 26.4. The molecule has 4 heteroatoms. The fraction of sp³-hybridized carbons (Fsp3) is 0.467. The van der Waals surface area contributed by atoms with E-state index in [-0.39, 0.29) is 23.7 Å². The van der Waals surface area contributed by atoms with E-state index in [9.17, 15) is 0 Å². The van der Waals surface area contributed by atoms with Gasteiger partial charge >= 0.3 is 0 Å². The Morgan fingerprint density at radius 1 is 0.234 bits per heavy atom. The van der Waals surface area contributed by atoms with Crippen LogP contribution in [0.5, 0.6) is 0 Å². The van der Waals surface area contributed by atoms with E-state index < -0.39 is 32.3 Å². The summed E-state index contributed by atoms with van der Waals surface area (Å²) in [5, 5.41) is 10.2. The molecule has 0 heterocycles. The second-order valence-electron chi connectivity index (χ2n) is 33.2. The number of fused-ring (bicyclic) bond motifs is 4. The minimum Gasteiger partial charge on any atom is -0.125 e. The Hall–Kier alpha value is -6.09. The third-order valence-electron chi connectivity index (χ3n) is 24.8. The summed E-state index contributed by atoms with van der Waals surface area (Å²) < 4.78 is 0. The van der Waals surface area contributed by atoms with Gasteiger partial charge in [-0.2, -0.15) is 0 Å². The van der Waals surface area contributed by atoms with Crippen molar-refractivity contribution in [2.24, 2.45) is 0 Å². The van der Waals surface area contributed by atoms with E-state index in [4.69, 9.17) is 0 Å². The largest absolute Gasteiger partial charge is 0.146 e. The molecule has 490 valence electrons. The van der Waals surface area contributed by atoms with Crippen LogP contribution in [-0.4, -0.2) is 32.3 Å². The number of rotatable bonds is 13. The zero-order valence-electron chi connectivity index (χ0n) is 62.8. The van der Waals surface area contributed by atoms with Gasteiger partial charge in [-0.1, -0.05) is 270 Å². The van der Waals surface area contributed by atoms with Gasteiger partial charge in [-0.15, -0.1) is 22.2 Å². The van der Waals surface area contributed by atoms with E-state index in [0.29, 0.717) is 66.5 Å². The second-order valence-corrected chi connectivity index (χ2v) is 55.5. The summed E-state index contributed by atoms with van der Waals surface area (Å²) in [7, 11) is -7.90. The lowest BCUT2D eigenvalue weighted by atomic mass is 9.57. The van der Waals surface area contributed by atoms with Gasteiger partial charge in [0.2, 0.25) is 0 Å². The van der Waals surface area contributed by atoms with Crippen molar-refractivity contribution in [3.63, 3.8) is 0 Å². The number of benzene rings is 8. The van der Waals surface area contributed by atoms with Gasteiger partial charge in [0.25, 0.3) is 0 Å². The van der Waals surface area contributed by atoms with Crippen LogP contribution in [0.1, 0.15) is 264 Å². The maximum Gasteiger partial charge on any atom is 0.146 e. The van der Waals surface area contributed by atoms with Crippen LogP contribution in [0.2, 0.25) is 66.5 Å². The smallest absolute Gasteiger partial charge is 0.125 e. The van der Waals surface area contributed by atoms with Gasteiger partial charge in [-0.3, -0.25) is 0 Å². The van der Waals surface area contributed by atoms with Crippen LogP contribution in [0, 0.1) is 52.8 Å². The SMILES string of the molecule is Cc1cc2cc(C#C[Si](C(C)C)(C(C)C)C(C)C)ccc2cc1[C@H]1c2cc3cc(C#C[Si](C(C)C)(C(C)C)C(C)C)ccc3cc2C(C)[C@H]2c3cc4cc(C#C[Si](C(C)C)(C(C)C)C(C)C)ccc4cc3[C@H]1c1cc3cc(C#C[Si](C(C)C)(C(C)C)C(C)C)ccc3cc12. The van der Waals surface area contributed by atoms with Crippen LogP contribution in [0.25, 0.3) is 43.1 Å². The summed E-state index contributed by atoms with van der Waals surface area (Å²) in [6.45, 7) is 63.1. The van der Waals surface area contributed by atoms with Crippen LogP contribution < -0.4 is 0 Å². The molecule has 0 saturated carbocycles. The topological polar surface area (TPSA) is 0 Å². The Morgan fingerprint density at radius 2 is 0.436 bits per heavy atom. The van der Waals surface area contributed by atoms with Crippen molar-refractivity contribution >= 4 is 75.4 Å². The first kappa shape index (κ1) is 70.7. The number of hydrogen-bond acceptors (Lipinski definition) is 0. The van der Waals surface area contributed by atoms with Gasteiger partial charge in [0.15, 0.2) is 0 Å². The first-order valence-corrected chi connectivity index (χ1v) is 45.6. The number of aryl methyl sites for hydroxylation is 1. The first-order chi connectivity index (χ1) is 44.3. The molecule has 94 heavy (non-hydrogen) atoms. The molecule has 0 spiro atoms. The third-order valence-corrected chi connectivity index (χ3v) is 50.0. The number of hydrogen-bond donors (Lipinski definition) is 0. The average molecular weight is 1310 g/mol. The highest BCUT2D eigenvalue weighted by Crippen LogP contribution is 2.61. The van der Waals surface area contributed by atoms with Crippen molar-refractivity contribution < 1.29 is 0 Å². The molecule has 0 saturated heterocycles. The molecule has 8 aromatic carbocycles. The molecular formula is C90H114Si4. The van der Waals surface area contributed by atoms with Crippen molar-refractivity contribution in [2.45, 2.75) is 270 Å². The van der Waals surface area contributed by atoms with Gasteiger partial charge in [-0.25, -0.2) is 0 Å². The van der Waals surface area contributed by atoms with E-state index in [0.717, 1.165) is 22.3 Å². The lowest BCUT2D eigenvalue weighted by molar-refractivity contribution is 0.551. The Morgan fingerprint density at radius 3 is 0.702 bits per heavy atom. The van der Waals surface area contributed by atoms with Crippen molar-refractivity contribution in [1.29, 1.82) is 0 Å². The van der Waals surface area contributed by atoms with Crippen LogP contribution in [0.4, 0.5) is 0 Å². The predicted molar refractivity (Wildman–Crippen MR) is 426 cm³/mol. The lowest BCUT2D eigenvalue weighted by Gasteiger charge is -2.45. The molecule has 11 rings (SSSR count). The zero-order chi connectivity index (χ0) is 68.6. The van der Waals surface area contributed by atoms with Gasteiger partial charge in [0.05, 0.1) is 0 Å². The molecule has 0 aliphatic heterocycles. The molecule has 0 amide bonds. The van der Waals surface area contributed by atoms with Crippen molar-refractivity contribution in [3.05, 3.63) is 188 Å². The Balaban J connectivity index is 1.28. The monoisotopic (exact) mass is 1310 g/mol. The van der Waals surface area contributed by atoms with E-state index in [1.54, 1.807) is 0 Å². The standard InChI is InChI=1S/C90H114Si4/c1-55(2)91(56(3)4,57(5)6)39-35-69-27-31-73-48-81(67(25)43-77(73)44-69)89-83-52-78-45-70(36-40-92(58(7)8,59(9)10)60(11)12)28-32-74(78)49-82(83)68(26)88-84-50-75-33-29-72(38-42-94(64(19)20,65(21)22)66(23)24)47-80(75)54-87(84)90(89)86-51-76-34-30-71(46-79(76)53-85(86)88)37-41-93(61(13)14,62(15)16)63(17)18/h27-34,43-66,68,88-90H,1-26H3/t68?,88-,89+,90+/m1/s1. The van der Waals surface area contributed by atoms with E-state index >= 15 is 0 Å². The van der Waals surface area contributed by atoms with Crippen molar-refractivity contribution in [2.75, 3.05) is 0 Å². The fourth-order valence-electron chi connectivity index (χ4n) is 20.2. The maximum absolute atomic E-state index is 4.10. The van der Waals surface area contributed by atoms with E-state index in [1.807, 2.05) is 0 Å². The lowest BCUT2D eigenvalue weighted by Crippen LogP contribution is -2.43. The zero-order valence-corrected chi connectivity index (χ0v) is 66.8. The van der Waals surface area contributed by atoms with Crippen LogP contribution in [0.3, 0.4) is 0 Å². The molecule has 0 aromatic heterocycles. The summed E-state index contributed by atoms with van der Waals surface area (Å²) in [5.74, 6) is 15.7. The van der Waals surface area contributed by atoms with Crippen molar-refractivity contribution in [1.82, 2.24) is 0 Å². The maximum atomic E-state index is 4.10. The van der Waals surface area contributed by atoms with Gasteiger partial charge in [0.1, 0.15) is 32.3 Å². The average Bonchev–Trinajstić information content (AvgIpc) is 0.698. The highest BCUT2D eigenvalue weighted by atomic mass is 28.3. The summed E-state index contributed by atoms with van der Waals surface area (Å²) in [6, 6.07) is 49.3. The van der Waals surface area contributed by atoms with Gasteiger partial charge < -0.3 is 0 Å². The Labute approximate surface area is 575 Å². The minimum absolute atomic E-state index is 0.00855. The summed E-state index contributed by atoms with van der Waals surface area (Å²) in [5.41, 5.74) is 39.0. The van der Waals surface area contributed by atoms with Gasteiger partial charge in [0, 0.05) is 40.0 Å². The van der Waals surface area contributed by atoms with Crippen molar-refractivity contribution in [3.8, 4) is 45.9 Å². The Bertz CT molecular complexity index is 4380. The molecule has 0 radical (unpaired) electrons. The third kappa shape index (κ3) is 12.1. The normalized spacial score (nSPS) is 16.8. The molecule has 3 aliphatic carbocycles. The Kier molecular flexibility index (Phi) is 20.4. The summed E-state index contributed by atoms with van der Waals surface area (Å²) in [4.78, 5) is 0. The quantitative estimate of drug-likeness (QED) is 0.0797. The molecule has 0 nitrogen and oxygen atoms in total. The van der Waals surface area contributed by atoms with E-state index in [2.05, 4.69) is 347 Å². The molecule has 0 fully saturated rings. The van der Waals surface area contributed by atoms with Crippen LogP contribution in [0.15, 0.2) is 121 Å². The second kappa shape index (κ2) is 27.1.